The summed E-state index contributed by atoms with van der Waals surface area (Å²) in [7, 11) is 0. The van der Waals surface area contributed by atoms with Gasteiger partial charge in [-0.05, 0) is 37.3 Å². The van der Waals surface area contributed by atoms with Crippen molar-refractivity contribution in [2.24, 2.45) is 0 Å². The first-order valence-electron chi connectivity index (χ1n) is 7.67. The standard InChI is InChI=1S/C18H18Cl2N2O3/c1-3-25-17-7-5-4-6-16(17)22(12(2)23)11-18(24)21-13-8-9-14(19)15(20)10-13/h4-10H,3,11H2,1-2H3,(H,21,24). The van der Waals surface area contributed by atoms with Crippen LogP contribution in [0.25, 0.3) is 0 Å². The molecule has 0 saturated heterocycles. The minimum atomic E-state index is -0.361. The van der Waals surface area contributed by atoms with Crippen LogP contribution in [0.2, 0.25) is 10.0 Å². The fourth-order valence-corrected chi connectivity index (χ4v) is 2.54. The second kappa shape index (κ2) is 8.74. The normalized spacial score (nSPS) is 10.2. The summed E-state index contributed by atoms with van der Waals surface area (Å²) in [4.78, 5) is 25.7. The number of para-hydroxylation sites is 2. The van der Waals surface area contributed by atoms with Crippen molar-refractivity contribution < 1.29 is 14.3 Å². The maximum atomic E-state index is 12.3. The van der Waals surface area contributed by atoms with Crippen molar-refractivity contribution in [3.05, 3.63) is 52.5 Å². The van der Waals surface area contributed by atoms with Gasteiger partial charge in [-0.15, -0.1) is 0 Å². The maximum Gasteiger partial charge on any atom is 0.244 e. The van der Waals surface area contributed by atoms with E-state index in [0.29, 0.717) is 33.8 Å². The Morgan fingerprint density at radius 1 is 1.12 bits per heavy atom. The molecule has 0 aliphatic rings. The average molecular weight is 381 g/mol. The molecule has 0 saturated carbocycles. The topological polar surface area (TPSA) is 58.6 Å². The molecule has 0 aliphatic carbocycles. The summed E-state index contributed by atoms with van der Waals surface area (Å²) in [6.07, 6.45) is 0. The summed E-state index contributed by atoms with van der Waals surface area (Å²) in [5.74, 6) is -0.0844. The van der Waals surface area contributed by atoms with E-state index in [9.17, 15) is 9.59 Å². The van der Waals surface area contributed by atoms with Gasteiger partial charge in [0.25, 0.3) is 0 Å². The quantitative estimate of drug-likeness (QED) is 0.808. The molecule has 0 unspecified atom stereocenters. The predicted octanol–water partition coefficient (Wildman–Crippen LogP) is 4.38. The van der Waals surface area contributed by atoms with Crippen molar-refractivity contribution in [1.29, 1.82) is 0 Å². The van der Waals surface area contributed by atoms with Crippen LogP contribution < -0.4 is 15.0 Å². The predicted molar refractivity (Wildman–Crippen MR) is 101 cm³/mol. The van der Waals surface area contributed by atoms with Crippen LogP contribution in [0, 0.1) is 0 Å². The first-order valence-corrected chi connectivity index (χ1v) is 8.42. The SMILES string of the molecule is CCOc1ccccc1N(CC(=O)Nc1ccc(Cl)c(Cl)c1)C(C)=O. The Hall–Kier alpha value is -2.24. The number of nitrogens with one attached hydrogen (secondary N) is 1. The molecule has 25 heavy (non-hydrogen) atoms. The lowest BCUT2D eigenvalue weighted by Gasteiger charge is -2.23. The van der Waals surface area contributed by atoms with E-state index in [1.165, 1.54) is 11.8 Å². The van der Waals surface area contributed by atoms with Crippen LogP contribution in [-0.2, 0) is 9.59 Å². The minimum absolute atomic E-state index is 0.153. The van der Waals surface area contributed by atoms with Crippen molar-refractivity contribution in [2.45, 2.75) is 13.8 Å². The summed E-state index contributed by atoms with van der Waals surface area (Å²) in [6, 6.07) is 11.9. The average Bonchev–Trinajstić information content (AvgIpc) is 2.57. The Morgan fingerprint density at radius 3 is 2.48 bits per heavy atom. The number of halogens is 2. The van der Waals surface area contributed by atoms with Crippen molar-refractivity contribution in [3.63, 3.8) is 0 Å². The zero-order chi connectivity index (χ0) is 18.4. The molecule has 132 valence electrons. The smallest absolute Gasteiger partial charge is 0.244 e. The molecule has 0 aliphatic heterocycles. The lowest BCUT2D eigenvalue weighted by molar-refractivity contribution is -0.120. The van der Waals surface area contributed by atoms with Crippen molar-refractivity contribution in [2.75, 3.05) is 23.4 Å². The van der Waals surface area contributed by atoms with Gasteiger partial charge >= 0.3 is 0 Å². The molecule has 0 heterocycles. The highest BCUT2D eigenvalue weighted by molar-refractivity contribution is 6.42. The number of benzene rings is 2. The van der Waals surface area contributed by atoms with Crippen molar-refractivity contribution >= 4 is 46.4 Å². The number of rotatable bonds is 6. The molecule has 1 N–H and O–H groups in total. The van der Waals surface area contributed by atoms with E-state index < -0.39 is 0 Å². The Kier molecular flexibility index (Phi) is 6.67. The van der Waals surface area contributed by atoms with E-state index in [4.69, 9.17) is 27.9 Å². The van der Waals surface area contributed by atoms with Crippen LogP contribution >= 0.6 is 23.2 Å². The Balaban J connectivity index is 2.17. The molecule has 0 bridgehead atoms. The van der Waals surface area contributed by atoms with Crippen LogP contribution in [0.1, 0.15) is 13.8 Å². The number of nitrogens with zero attached hydrogens (tertiary/aromatic N) is 1. The van der Waals surface area contributed by atoms with Gasteiger partial charge in [-0.3, -0.25) is 14.5 Å². The monoisotopic (exact) mass is 380 g/mol. The minimum Gasteiger partial charge on any atom is -0.492 e. The molecule has 5 nitrogen and oxygen atoms in total. The largest absolute Gasteiger partial charge is 0.492 e. The number of carbonyl (C=O) groups excluding carboxylic acids is 2. The molecule has 2 amide bonds. The third kappa shape index (κ3) is 5.11. The highest BCUT2D eigenvalue weighted by Gasteiger charge is 2.19. The van der Waals surface area contributed by atoms with Crippen LogP contribution in [0.5, 0.6) is 5.75 Å². The van der Waals surface area contributed by atoms with Gasteiger partial charge in [0.1, 0.15) is 12.3 Å². The second-order valence-electron chi connectivity index (χ2n) is 5.18. The Morgan fingerprint density at radius 2 is 1.84 bits per heavy atom. The third-order valence-corrected chi connectivity index (χ3v) is 4.08. The summed E-state index contributed by atoms with van der Waals surface area (Å²) in [5.41, 5.74) is 1.04. The van der Waals surface area contributed by atoms with Crippen LogP contribution in [0.3, 0.4) is 0 Å². The van der Waals surface area contributed by atoms with Gasteiger partial charge < -0.3 is 10.1 Å². The van der Waals surface area contributed by atoms with E-state index in [1.807, 2.05) is 13.0 Å². The molecule has 0 spiro atoms. The van der Waals surface area contributed by atoms with E-state index >= 15 is 0 Å². The van der Waals surface area contributed by atoms with Gasteiger partial charge in [-0.25, -0.2) is 0 Å². The fourth-order valence-electron chi connectivity index (χ4n) is 2.24. The van der Waals surface area contributed by atoms with Gasteiger partial charge in [0, 0.05) is 12.6 Å². The molecular weight excluding hydrogens is 363 g/mol. The summed E-state index contributed by atoms with van der Waals surface area (Å²) >= 11 is 11.8. The van der Waals surface area contributed by atoms with Crippen molar-refractivity contribution in [1.82, 2.24) is 0 Å². The second-order valence-corrected chi connectivity index (χ2v) is 6.00. The van der Waals surface area contributed by atoms with E-state index in [-0.39, 0.29) is 18.4 Å². The van der Waals surface area contributed by atoms with Gasteiger partial charge in [-0.2, -0.15) is 0 Å². The highest BCUT2D eigenvalue weighted by Crippen LogP contribution is 2.28. The maximum absolute atomic E-state index is 12.3. The van der Waals surface area contributed by atoms with Crippen LogP contribution in [-0.4, -0.2) is 25.0 Å². The van der Waals surface area contributed by atoms with Gasteiger partial charge in [-0.1, -0.05) is 35.3 Å². The number of anilines is 2. The number of hydrogen-bond donors (Lipinski definition) is 1. The molecule has 2 rings (SSSR count). The number of ether oxygens (including phenoxy) is 1. The molecule has 0 aromatic heterocycles. The lowest BCUT2D eigenvalue weighted by atomic mass is 10.2. The third-order valence-electron chi connectivity index (χ3n) is 3.34. The Bertz CT molecular complexity index is 781. The van der Waals surface area contributed by atoms with Gasteiger partial charge in [0.2, 0.25) is 11.8 Å². The zero-order valence-electron chi connectivity index (χ0n) is 13.9. The Labute approximate surface area is 156 Å². The number of hydrogen-bond acceptors (Lipinski definition) is 3. The zero-order valence-corrected chi connectivity index (χ0v) is 15.4. The molecular formula is C18H18Cl2N2O3. The number of carbonyl (C=O) groups is 2. The summed E-state index contributed by atoms with van der Waals surface area (Å²) < 4.78 is 5.54. The van der Waals surface area contributed by atoms with Crippen LogP contribution in [0.4, 0.5) is 11.4 Å². The van der Waals surface area contributed by atoms with E-state index in [1.54, 1.807) is 36.4 Å². The summed E-state index contributed by atoms with van der Waals surface area (Å²) in [6.45, 7) is 3.55. The lowest BCUT2D eigenvalue weighted by Crippen LogP contribution is -2.37. The number of amides is 2. The van der Waals surface area contributed by atoms with Gasteiger partial charge in [0.05, 0.1) is 22.3 Å². The van der Waals surface area contributed by atoms with Crippen LogP contribution in [0.15, 0.2) is 42.5 Å². The highest BCUT2D eigenvalue weighted by atomic mass is 35.5. The van der Waals surface area contributed by atoms with E-state index in [2.05, 4.69) is 5.32 Å². The molecule has 2 aromatic carbocycles. The molecule has 0 atom stereocenters. The van der Waals surface area contributed by atoms with Crippen molar-refractivity contribution in [3.8, 4) is 5.75 Å². The van der Waals surface area contributed by atoms with Gasteiger partial charge in [0.15, 0.2) is 0 Å². The van der Waals surface area contributed by atoms with E-state index in [0.717, 1.165) is 0 Å². The molecule has 0 radical (unpaired) electrons. The summed E-state index contributed by atoms with van der Waals surface area (Å²) in [5, 5.41) is 3.44. The molecule has 0 fully saturated rings. The fraction of sp³-hybridized carbons (Fsp3) is 0.222. The molecule has 2 aromatic rings. The first kappa shape index (κ1) is 19.1. The molecule has 7 heteroatoms. The first-order chi connectivity index (χ1) is 11.9.